The van der Waals surface area contributed by atoms with Crippen molar-refractivity contribution in [1.82, 2.24) is 15.8 Å². The van der Waals surface area contributed by atoms with Crippen molar-refractivity contribution in [3.63, 3.8) is 0 Å². The zero-order valence-corrected chi connectivity index (χ0v) is 15.4. The van der Waals surface area contributed by atoms with Crippen molar-refractivity contribution in [2.75, 3.05) is 0 Å². The van der Waals surface area contributed by atoms with Crippen molar-refractivity contribution in [3.05, 3.63) is 89.6 Å². The zero-order chi connectivity index (χ0) is 19.5. The Kier molecular flexibility index (Phi) is 4.72. The van der Waals surface area contributed by atoms with Gasteiger partial charge in [0.05, 0.1) is 11.1 Å². The van der Waals surface area contributed by atoms with Crippen LogP contribution in [0.5, 0.6) is 0 Å². The molecule has 0 saturated carbocycles. The number of hydrazine groups is 1. The summed E-state index contributed by atoms with van der Waals surface area (Å²) in [7, 11) is 0. The fourth-order valence-corrected chi connectivity index (χ4v) is 3.25. The van der Waals surface area contributed by atoms with Crippen LogP contribution in [0, 0.1) is 0 Å². The molecule has 0 atom stereocenters. The van der Waals surface area contributed by atoms with Crippen molar-refractivity contribution in [1.29, 1.82) is 0 Å². The van der Waals surface area contributed by atoms with E-state index in [4.69, 9.17) is 0 Å². The molecule has 138 valence electrons. The van der Waals surface area contributed by atoms with Gasteiger partial charge in [0.1, 0.15) is 0 Å². The highest BCUT2D eigenvalue weighted by Crippen LogP contribution is 2.27. The first-order valence-corrected chi connectivity index (χ1v) is 9.13. The number of carbonyl (C=O) groups excluding carboxylic acids is 2. The molecule has 0 aliphatic rings. The molecule has 0 aliphatic carbocycles. The summed E-state index contributed by atoms with van der Waals surface area (Å²) in [4.78, 5) is 29.5. The van der Waals surface area contributed by atoms with E-state index < -0.39 is 5.91 Å². The molecule has 28 heavy (non-hydrogen) atoms. The van der Waals surface area contributed by atoms with Crippen molar-refractivity contribution >= 4 is 33.5 Å². The number of aromatic nitrogens is 1. The minimum absolute atomic E-state index is 0.367. The Morgan fingerprint density at radius 3 is 2.36 bits per heavy atom. The normalized spacial score (nSPS) is 10.8. The van der Waals surface area contributed by atoms with Crippen LogP contribution < -0.4 is 10.9 Å². The molecule has 0 bridgehead atoms. The standard InChI is InChI=1S/C23H19N3O2/c1-2-15-9-11-16(12-10-15)22(27)25-26-23(28)20-14-17-6-3-4-7-18(17)19-8-5-13-24-21(19)20/h3-14H,2H2,1H3,(H,25,27)(H,26,28). The van der Waals surface area contributed by atoms with E-state index >= 15 is 0 Å². The number of aryl methyl sites for hydroxylation is 1. The van der Waals surface area contributed by atoms with Crippen LogP contribution in [0.1, 0.15) is 33.2 Å². The molecule has 5 heteroatoms. The maximum absolute atomic E-state index is 12.8. The largest absolute Gasteiger partial charge is 0.271 e. The first-order valence-electron chi connectivity index (χ1n) is 9.13. The Bertz CT molecular complexity index is 1180. The van der Waals surface area contributed by atoms with Gasteiger partial charge in [0.25, 0.3) is 11.8 Å². The second-order valence-corrected chi connectivity index (χ2v) is 6.50. The van der Waals surface area contributed by atoms with Crippen LogP contribution in [0.15, 0.2) is 72.9 Å². The number of fused-ring (bicyclic) bond motifs is 3. The van der Waals surface area contributed by atoms with Crippen LogP contribution in [-0.4, -0.2) is 16.8 Å². The molecule has 4 rings (SSSR count). The van der Waals surface area contributed by atoms with Gasteiger partial charge < -0.3 is 0 Å². The third-order valence-electron chi connectivity index (χ3n) is 4.77. The smallest absolute Gasteiger partial charge is 0.267 e. The molecule has 0 unspecified atom stereocenters. The van der Waals surface area contributed by atoms with Gasteiger partial charge in [-0.05, 0) is 47.0 Å². The van der Waals surface area contributed by atoms with Crippen LogP contribution in [0.4, 0.5) is 0 Å². The number of benzene rings is 3. The predicted molar refractivity (Wildman–Crippen MR) is 110 cm³/mol. The van der Waals surface area contributed by atoms with E-state index in [2.05, 4.69) is 22.8 Å². The van der Waals surface area contributed by atoms with E-state index in [0.717, 1.165) is 28.1 Å². The fraction of sp³-hybridized carbons (Fsp3) is 0.0870. The van der Waals surface area contributed by atoms with Crippen LogP contribution in [-0.2, 0) is 6.42 Å². The van der Waals surface area contributed by atoms with E-state index in [1.54, 1.807) is 24.4 Å². The van der Waals surface area contributed by atoms with E-state index in [1.807, 2.05) is 48.5 Å². The molecule has 1 aromatic heterocycles. The fourth-order valence-electron chi connectivity index (χ4n) is 3.25. The second kappa shape index (κ2) is 7.48. The monoisotopic (exact) mass is 369 g/mol. The molecule has 0 spiro atoms. The van der Waals surface area contributed by atoms with Gasteiger partial charge >= 0.3 is 0 Å². The SMILES string of the molecule is CCc1ccc(C(=O)NNC(=O)c2cc3ccccc3c3cccnc23)cc1. The average Bonchev–Trinajstić information content (AvgIpc) is 2.76. The maximum Gasteiger partial charge on any atom is 0.271 e. The molecule has 0 fully saturated rings. The van der Waals surface area contributed by atoms with Gasteiger partial charge in [0.15, 0.2) is 0 Å². The topological polar surface area (TPSA) is 71.1 Å². The lowest BCUT2D eigenvalue weighted by atomic mass is 10.0. The van der Waals surface area contributed by atoms with Crippen LogP contribution in [0.3, 0.4) is 0 Å². The number of pyridine rings is 1. The van der Waals surface area contributed by atoms with Crippen molar-refractivity contribution in [2.24, 2.45) is 0 Å². The molecule has 5 nitrogen and oxygen atoms in total. The summed E-state index contributed by atoms with van der Waals surface area (Å²) in [6, 6.07) is 20.7. The summed E-state index contributed by atoms with van der Waals surface area (Å²) in [5, 5.41) is 2.86. The molecule has 0 saturated heterocycles. The molecule has 2 amide bonds. The Morgan fingerprint density at radius 1 is 0.857 bits per heavy atom. The van der Waals surface area contributed by atoms with Crippen molar-refractivity contribution in [2.45, 2.75) is 13.3 Å². The van der Waals surface area contributed by atoms with Crippen molar-refractivity contribution in [3.8, 4) is 0 Å². The van der Waals surface area contributed by atoms with Crippen molar-refractivity contribution < 1.29 is 9.59 Å². The second-order valence-electron chi connectivity index (χ2n) is 6.50. The number of nitrogens with zero attached hydrogens (tertiary/aromatic N) is 1. The van der Waals surface area contributed by atoms with Gasteiger partial charge in [-0.1, -0.05) is 49.4 Å². The minimum atomic E-state index is -0.409. The Hall–Kier alpha value is -3.73. The molecular weight excluding hydrogens is 350 g/mol. The summed E-state index contributed by atoms with van der Waals surface area (Å²) in [5.74, 6) is -0.776. The van der Waals surface area contributed by atoms with Gasteiger partial charge in [0, 0.05) is 17.1 Å². The third kappa shape index (κ3) is 3.30. The van der Waals surface area contributed by atoms with Gasteiger partial charge in [-0.15, -0.1) is 0 Å². The first-order chi connectivity index (χ1) is 13.7. The van der Waals surface area contributed by atoms with Gasteiger partial charge in [0.2, 0.25) is 0 Å². The summed E-state index contributed by atoms with van der Waals surface area (Å²) < 4.78 is 0. The molecule has 3 aromatic carbocycles. The minimum Gasteiger partial charge on any atom is -0.267 e. The van der Waals surface area contributed by atoms with Gasteiger partial charge in [-0.25, -0.2) is 0 Å². The number of nitrogens with one attached hydrogen (secondary N) is 2. The van der Waals surface area contributed by atoms with E-state index in [0.29, 0.717) is 16.6 Å². The highest BCUT2D eigenvalue weighted by Gasteiger charge is 2.15. The number of hydrogen-bond acceptors (Lipinski definition) is 3. The zero-order valence-electron chi connectivity index (χ0n) is 15.4. The van der Waals surface area contributed by atoms with Crippen LogP contribution >= 0.6 is 0 Å². The first kappa shape index (κ1) is 17.7. The highest BCUT2D eigenvalue weighted by molar-refractivity contribution is 6.16. The van der Waals surface area contributed by atoms with Crippen LogP contribution in [0.25, 0.3) is 21.7 Å². The average molecular weight is 369 g/mol. The number of rotatable bonds is 3. The molecule has 0 aliphatic heterocycles. The molecule has 4 aromatic rings. The predicted octanol–water partition coefficient (Wildman–Crippen LogP) is 4.03. The Labute approximate surface area is 162 Å². The van der Waals surface area contributed by atoms with Gasteiger partial charge in [-0.3, -0.25) is 25.4 Å². The lowest BCUT2D eigenvalue weighted by Crippen LogP contribution is -2.41. The summed E-state index contributed by atoms with van der Waals surface area (Å²) >= 11 is 0. The lowest BCUT2D eigenvalue weighted by molar-refractivity contribution is 0.0847. The number of carbonyl (C=O) groups is 2. The lowest BCUT2D eigenvalue weighted by Gasteiger charge is -2.11. The van der Waals surface area contributed by atoms with E-state index in [9.17, 15) is 9.59 Å². The maximum atomic E-state index is 12.8. The molecule has 2 N–H and O–H groups in total. The third-order valence-corrected chi connectivity index (χ3v) is 4.77. The van der Waals surface area contributed by atoms with Crippen LogP contribution in [0.2, 0.25) is 0 Å². The molecule has 1 heterocycles. The Morgan fingerprint density at radius 2 is 1.57 bits per heavy atom. The van der Waals surface area contributed by atoms with E-state index in [-0.39, 0.29) is 5.91 Å². The molecule has 0 radical (unpaired) electrons. The van der Waals surface area contributed by atoms with E-state index in [1.165, 1.54) is 0 Å². The highest BCUT2D eigenvalue weighted by atomic mass is 16.2. The Balaban J connectivity index is 1.60. The summed E-state index contributed by atoms with van der Waals surface area (Å²) in [6.07, 6.45) is 2.56. The summed E-state index contributed by atoms with van der Waals surface area (Å²) in [5.41, 5.74) is 7.63. The number of amides is 2. The molecular formula is C23H19N3O2. The quantitative estimate of drug-likeness (QED) is 0.423. The van der Waals surface area contributed by atoms with Gasteiger partial charge in [-0.2, -0.15) is 0 Å². The number of hydrogen-bond donors (Lipinski definition) is 2. The summed E-state index contributed by atoms with van der Waals surface area (Å²) in [6.45, 7) is 2.05.